The van der Waals surface area contributed by atoms with E-state index in [1.165, 1.54) is 28.9 Å². The van der Waals surface area contributed by atoms with Crippen molar-refractivity contribution in [2.24, 2.45) is 0 Å². The first-order valence-corrected chi connectivity index (χ1v) is 10.5. The fourth-order valence-corrected chi connectivity index (χ4v) is 4.27. The maximum atomic E-state index is 14.2. The van der Waals surface area contributed by atoms with Crippen LogP contribution in [-0.4, -0.2) is 40.3 Å². The number of carbonyl (C=O) groups is 1. The van der Waals surface area contributed by atoms with Crippen molar-refractivity contribution in [3.8, 4) is 5.75 Å². The molecule has 0 bridgehead atoms. The molecule has 1 aliphatic rings. The van der Waals surface area contributed by atoms with E-state index in [0.717, 1.165) is 6.20 Å². The predicted molar refractivity (Wildman–Crippen MR) is 115 cm³/mol. The molecule has 6 nitrogen and oxygen atoms in total. The Labute approximate surface area is 184 Å². The first-order chi connectivity index (χ1) is 15.4. The zero-order chi connectivity index (χ0) is 22.8. The predicted octanol–water partition coefficient (Wildman–Crippen LogP) is 3.77. The lowest BCUT2D eigenvalue weighted by atomic mass is 9.83. The minimum Gasteiger partial charge on any atom is -0.488 e. The van der Waals surface area contributed by atoms with Crippen LogP contribution in [0.5, 0.6) is 5.75 Å². The van der Waals surface area contributed by atoms with Gasteiger partial charge in [0.25, 0.3) is 5.91 Å². The largest absolute Gasteiger partial charge is 0.488 e. The molecule has 0 spiro atoms. The van der Waals surface area contributed by atoms with Crippen molar-refractivity contribution in [1.29, 1.82) is 0 Å². The third-order valence-electron chi connectivity index (χ3n) is 5.65. The molecule has 8 heteroatoms. The molecule has 0 aliphatic carbocycles. The van der Waals surface area contributed by atoms with Gasteiger partial charge in [-0.05, 0) is 49.2 Å². The van der Waals surface area contributed by atoms with E-state index in [4.69, 9.17) is 4.74 Å². The molecule has 1 aliphatic heterocycles. The van der Waals surface area contributed by atoms with Crippen molar-refractivity contribution >= 4 is 5.91 Å². The Hall–Kier alpha value is -3.55. The average Bonchev–Trinajstić information content (AvgIpc) is 2.77. The van der Waals surface area contributed by atoms with Crippen LogP contribution in [0.15, 0.2) is 59.5 Å². The van der Waals surface area contributed by atoms with E-state index < -0.39 is 29.0 Å². The number of nitrogens with zero attached hydrogens (tertiary/aromatic N) is 3. The summed E-state index contributed by atoms with van der Waals surface area (Å²) < 4.78 is 35.4. The second-order valence-corrected chi connectivity index (χ2v) is 7.56. The summed E-state index contributed by atoms with van der Waals surface area (Å²) >= 11 is 0. The lowest BCUT2D eigenvalue weighted by molar-refractivity contribution is 0.0643. The molecule has 1 amide bonds. The summed E-state index contributed by atoms with van der Waals surface area (Å²) in [5.41, 5.74) is 0.775. The van der Waals surface area contributed by atoms with Crippen LogP contribution in [-0.2, 0) is 0 Å². The quantitative estimate of drug-likeness (QED) is 0.587. The summed E-state index contributed by atoms with van der Waals surface area (Å²) in [7, 11) is 0. The molecule has 0 saturated heterocycles. The first-order valence-electron chi connectivity index (χ1n) is 10.5. The lowest BCUT2D eigenvalue weighted by Crippen LogP contribution is -2.47. The maximum Gasteiger partial charge on any atom is 0.276 e. The monoisotopic (exact) mass is 439 g/mol. The van der Waals surface area contributed by atoms with Crippen molar-refractivity contribution in [3.63, 3.8) is 0 Å². The number of rotatable bonds is 6. The molecule has 2 heterocycles. The van der Waals surface area contributed by atoms with Gasteiger partial charge in [-0.2, -0.15) is 5.10 Å². The number of ether oxygens (including phenoxy) is 1. The van der Waals surface area contributed by atoms with Gasteiger partial charge in [-0.15, -0.1) is 0 Å². The lowest BCUT2D eigenvalue weighted by Gasteiger charge is -2.39. The second kappa shape index (κ2) is 8.90. The minimum atomic E-state index is -0.535. The molecule has 32 heavy (non-hydrogen) atoms. The Kier molecular flexibility index (Phi) is 6.03. The molecule has 0 fully saturated rings. The Morgan fingerprint density at radius 1 is 1.06 bits per heavy atom. The summed E-state index contributed by atoms with van der Waals surface area (Å²) in [4.78, 5) is 27.2. The van der Waals surface area contributed by atoms with Crippen LogP contribution in [0, 0.1) is 11.6 Å². The molecule has 1 atom stereocenters. The van der Waals surface area contributed by atoms with Crippen LogP contribution < -0.4 is 10.2 Å². The molecule has 0 unspecified atom stereocenters. The van der Waals surface area contributed by atoms with Crippen LogP contribution in [0.1, 0.15) is 47.4 Å². The number of benzene rings is 2. The molecule has 4 rings (SSSR count). The maximum absolute atomic E-state index is 14.2. The number of fused-ring (bicyclic) bond motifs is 1. The second-order valence-electron chi connectivity index (χ2n) is 7.56. The highest BCUT2D eigenvalue weighted by atomic mass is 19.1. The van der Waals surface area contributed by atoms with Crippen molar-refractivity contribution < 1.29 is 18.3 Å². The summed E-state index contributed by atoms with van der Waals surface area (Å²) in [6.45, 7) is 4.40. The SMILES string of the molecule is CCOc1c2n(ncc1=O)[C@@H](C(c1cccc(F)c1)c1cccc(F)c1)CN(CC)C2=O. The zero-order valence-corrected chi connectivity index (χ0v) is 17.8. The normalized spacial score (nSPS) is 15.7. The highest BCUT2D eigenvalue weighted by Gasteiger charge is 2.39. The van der Waals surface area contributed by atoms with Crippen molar-refractivity contribution in [3.05, 3.63) is 93.4 Å². The molecular formula is C24H23F2N3O3. The number of amides is 1. The van der Waals surface area contributed by atoms with E-state index in [2.05, 4.69) is 5.10 Å². The van der Waals surface area contributed by atoms with Gasteiger partial charge in [0.2, 0.25) is 5.43 Å². The Morgan fingerprint density at radius 2 is 1.69 bits per heavy atom. The number of carbonyl (C=O) groups excluding carboxylic acids is 1. The standard InChI is InChI=1S/C24H23F2N3O3/c1-3-28-14-19(29-22(24(28)31)23(32-4-2)20(30)13-27-29)21(15-7-5-9-17(25)11-15)16-8-6-10-18(26)12-16/h5-13,19,21H,3-4,14H2,1-2H3/t19-/m1/s1. The third kappa shape index (κ3) is 3.88. The van der Waals surface area contributed by atoms with E-state index in [1.807, 2.05) is 6.92 Å². The van der Waals surface area contributed by atoms with Crippen LogP contribution in [0.3, 0.4) is 0 Å². The topological polar surface area (TPSA) is 64.4 Å². The van der Waals surface area contributed by atoms with Crippen LogP contribution in [0.25, 0.3) is 0 Å². The Morgan fingerprint density at radius 3 is 2.22 bits per heavy atom. The number of hydrogen-bond acceptors (Lipinski definition) is 4. The van der Waals surface area contributed by atoms with Crippen molar-refractivity contribution in [1.82, 2.24) is 14.7 Å². The Bertz CT molecular complexity index is 1170. The summed E-state index contributed by atoms with van der Waals surface area (Å²) in [5, 5.41) is 4.27. The molecule has 1 aromatic heterocycles. The smallest absolute Gasteiger partial charge is 0.276 e. The first kappa shape index (κ1) is 21.7. The number of likely N-dealkylation sites (N-methyl/N-ethyl adjacent to an activating group) is 1. The van der Waals surface area contributed by atoms with Crippen LogP contribution in [0.4, 0.5) is 8.78 Å². The Balaban J connectivity index is 1.98. The van der Waals surface area contributed by atoms with Gasteiger partial charge in [0.15, 0.2) is 11.4 Å². The number of aromatic nitrogens is 2. The highest BCUT2D eigenvalue weighted by molar-refractivity contribution is 5.95. The van der Waals surface area contributed by atoms with Gasteiger partial charge >= 0.3 is 0 Å². The molecule has 166 valence electrons. The van der Waals surface area contributed by atoms with Gasteiger partial charge in [-0.1, -0.05) is 24.3 Å². The van der Waals surface area contributed by atoms with Gasteiger partial charge in [-0.25, -0.2) is 8.78 Å². The zero-order valence-electron chi connectivity index (χ0n) is 17.8. The summed E-state index contributed by atoms with van der Waals surface area (Å²) in [5.74, 6) is -1.81. The van der Waals surface area contributed by atoms with Crippen molar-refractivity contribution in [2.75, 3.05) is 19.7 Å². The van der Waals surface area contributed by atoms with E-state index in [9.17, 15) is 18.4 Å². The fraction of sp³-hybridized carbons (Fsp3) is 0.292. The summed E-state index contributed by atoms with van der Waals surface area (Å²) in [6, 6.07) is 11.7. The van der Waals surface area contributed by atoms with Crippen molar-refractivity contribution in [2.45, 2.75) is 25.8 Å². The molecule has 0 N–H and O–H groups in total. The minimum absolute atomic E-state index is 0.0512. The van der Waals surface area contributed by atoms with Gasteiger partial charge in [0.05, 0.1) is 18.8 Å². The van der Waals surface area contributed by atoms with Gasteiger partial charge < -0.3 is 9.64 Å². The third-order valence-corrected chi connectivity index (χ3v) is 5.65. The van der Waals surface area contributed by atoms with Gasteiger partial charge in [0.1, 0.15) is 11.6 Å². The van der Waals surface area contributed by atoms with Gasteiger partial charge in [-0.3, -0.25) is 14.3 Å². The fourth-order valence-electron chi connectivity index (χ4n) is 4.27. The van der Waals surface area contributed by atoms with E-state index in [-0.39, 0.29) is 30.5 Å². The van der Waals surface area contributed by atoms with Crippen LogP contribution >= 0.6 is 0 Å². The van der Waals surface area contributed by atoms with Gasteiger partial charge in [0, 0.05) is 19.0 Å². The van der Waals surface area contributed by atoms with E-state index >= 15 is 0 Å². The van der Waals surface area contributed by atoms with Crippen LogP contribution in [0.2, 0.25) is 0 Å². The number of halogens is 2. The molecule has 0 saturated carbocycles. The molecule has 2 aromatic carbocycles. The highest BCUT2D eigenvalue weighted by Crippen LogP contribution is 2.39. The summed E-state index contributed by atoms with van der Waals surface area (Å²) in [6.07, 6.45) is 1.12. The molecule has 3 aromatic rings. The molecule has 0 radical (unpaired) electrons. The van der Waals surface area contributed by atoms with E-state index in [0.29, 0.717) is 17.7 Å². The molecular weight excluding hydrogens is 416 g/mol. The average molecular weight is 439 g/mol. The van der Waals surface area contributed by atoms with E-state index in [1.54, 1.807) is 36.1 Å². The number of hydrogen-bond donors (Lipinski definition) is 0.